The summed E-state index contributed by atoms with van der Waals surface area (Å²) in [6, 6.07) is 3.12. The van der Waals surface area contributed by atoms with E-state index in [4.69, 9.17) is 17.3 Å². The van der Waals surface area contributed by atoms with E-state index in [0.29, 0.717) is 0 Å². The Hall–Kier alpha value is -1.60. The van der Waals surface area contributed by atoms with Crippen LogP contribution in [-0.4, -0.2) is 18.6 Å². The molecule has 0 aliphatic rings. The van der Waals surface area contributed by atoms with Gasteiger partial charge in [-0.15, -0.1) is 0 Å². The molecule has 0 aliphatic carbocycles. The van der Waals surface area contributed by atoms with Crippen LogP contribution in [0.5, 0.6) is 0 Å². The second-order valence-corrected chi connectivity index (χ2v) is 5.55. The topological polar surface area (TPSA) is 88.8 Å². The molecule has 0 atom stereocenters. The Labute approximate surface area is 101 Å². The third-order valence-electron chi connectivity index (χ3n) is 2.12. The number of nitrogen functional groups attached to an aromatic ring is 1. The molecule has 8 heteroatoms. The summed E-state index contributed by atoms with van der Waals surface area (Å²) in [6.45, 7) is 0. The summed E-state index contributed by atoms with van der Waals surface area (Å²) in [7, 11) is -3.84. The molecular weight excluding hydrogens is 269 g/mol. The minimum Gasteiger partial charge on any atom is -0.383 e. The molecule has 5 nitrogen and oxygen atoms in total. The molecule has 0 spiro atoms. The van der Waals surface area contributed by atoms with Gasteiger partial charge < -0.3 is 5.73 Å². The number of hydrogen-bond acceptors (Lipinski definition) is 4. The van der Waals surface area contributed by atoms with Crippen molar-refractivity contribution in [3.63, 3.8) is 0 Å². The Balaban J connectivity index is 2.60. The zero-order valence-corrected chi connectivity index (χ0v) is 9.89. The first-order valence-corrected chi connectivity index (χ1v) is 6.28. The van der Waals surface area contributed by atoms with Crippen LogP contribution in [0, 0.1) is 5.82 Å². The molecule has 0 saturated carbocycles. The molecule has 1 aromatic carbocycles. The zero-order valence-electron chi connectivity index (χ0n) is 8.31. The second kappa shape index (κ2) is 4.01. The molecule has 2 aromatic rings. The Morgan fingerprint density at radius 2 is 2.12 bits per heavy atom. The van der Waals surface area contributed by atoms with Crippen LogP contribution in [0.1, 0.15) is 0 Å². The van der Waals surface area contributed by atoms with Crippen LogP contribution in [0.15, 0.2) is 34.2 Å². The van der Waals surface area contributed by atoms with Crippen LogP contribution in [0.25, 0.3) is 0 Å². The van der Waals surface area contributed by atoms with Gasteiger partial charge in [0.2, 0.25) is 9.84 Å². The maximum absolute atomic E-state index is 12.9. The predicted octanol–water partition coefficient (Wildman–Crippen LogP) is 1.62. The largest absolute Gasteiger partial charge is 0.383 e. The Morgan fingerprint density at radius 1 is 1.41 bits per heavy atom. The van der Waals surface area contributed by atoms with Gasteiger partial charge in [-0.25, -0.2) is 12.8 Å². The molecule has 1 aromatic heterocycles. The highest BCUT2D eigenvalue weighted by atomic mass is 35.5. The van der Waals surface area contributed by atoms with Crippen molar-refractivity contribution in [2.24, 2.45) is 0 Å². The van der Waals surface area contributed by atoms with Crippen molar-refractivity contribution in [3.05, 3.63) is 35.2 Å². The van der Waals surface area contributed by atoms with Crippen LogP contribution < -0.4 is 5.73 Å². The van der Waals surface area contributed by atoms with Gasteiger partial charge in [-0.3, -0.25) is 5.10 Å². The van der Waals surface area contributed by atoms with Gasteiger partial charge in [-0.1, -0.05) is 11.6 Å². The van der Waals surface area contributed by atoms with E-state index in [1.165, 1.54) is 0 Å². The van der Waals surface area contributed by atoms with Crippen molar-refractivity contribution >= 4 is 27.3 Å². The van der Waals surface area contributed by atoms with E-state index >= 15 is 0 Å². The minimum absolute atomic E-state index is 0.0783. The average Bonchev–Trinajstić information content (AvgIpc) is 2.69. The molecule has 0 bridgehead atoms. The Kier molecular flexibility index (Phi) is 2.80. The van der Waals surface area contributed by atoms with E-state index < -0.39 is 15.7 Å². The smallest absolute Gasteiger partial charge is 0.211 e. The first-order chi connectivity index (χ1) is 7.93. The lowest BCUT2D eigenvalue weighted by Gasteiger charge is -2.03. The molecular formula is C9H7ClFN3O2S. The van der Waals surface area contributed by atoms with E-state index in [-0.39, 0.29) is 20.6 Å². The summed E-state index contributed by atoms with van der Waals surface area (Å²) in [5, 5.41) is 5.56. The molecule has 0 amide bonds. The maximum atomic E-state index is 12.9. The predicted molar refractivity (Wildman–Crippen MR) is 59.9 cm³/mol. The molecule has 0 saturated heterocycles. The van der Waals surface area contributed by atoms with Crippen molar-refractivity contribution in [3.8, 4) is 0 Å². The fourth-order valence-electron chi connectivity index (χ4n) is 1.27. The number of rotatable bonds is 2. The van der Waals surface area contributed by atoms with Crippen LogP contribution in [-0.2, 0) is 9.84 Å². The lowest BCUT2D eigenvalue weighted by molar-refractivity contribution is 0.595. The van der Waals surface area contributed by atoms with Crippen molar-refractivity contribution < 1.29 is 12.8 Å². The Morgan fingerprint density at radius 3 is 2.65 bits per heavy atom. The van der Waals surface area contributed by atoms with Crippen LogP contribution in [0.2, 0.25) is 5.02 Å². The average molecular weight is 276 g/mol. The zero-order chi connectivity index (χ0) is 12.6. The van der Waals surface area contributed by atoms with Crippen LogP contribution in [0.3, 0.4) is 0 Å². The molecule has 1 heterocycles. The van der Waals surface area contributed by atoms with Gasteiger partial charge in [0.05, 0.1) is 16.1 Å². The normalized spacial score (nSPS) is 11.6. The number of H-pyrrole nitrogens is 1. The van der Waals surface area contributed by atoms with E-state index in [9.17, 15) is 12.8 Å². The van der Waals surface area contributed by atoms with Gasteiger partial charge in [0.25, 0.3) is 0 Å². The van der Waals surface area contributed by atoms with Gasteiger partial charge in [0, 0.05) is 0 Å². The lowest BCUT2D eigenvalue weighted by atomic mass is 10.3. The molecule has 0 fully saturated rings. The summed E-state index contributed by atoms with van der Waals surface area (Å²) >= 11 is 5.53. The number of aromatic amines is 1. The summed E-state index contributed by atoms with van der Waals surface area (Å²) in [6.07, 6.45) is 1.09. The molecule has 90 valence electrons. The lowest BCUT2D eigenvalue weighted by Crippen LogP contribution is -2.04. The van der Waals surface area contributed by atoms with E-state index in [1.807, 2.05) is 0 Å². The summed E-state index contributed by atoms with van der Waals surface area (Å²) in [4.78, 5) is -0.308. The van der Waals surface area contributed by atoms with E-state index in [0.717, 1.165) is 24.4 Å². The highest BCUT2D eigenvalue weighted by Crippen LogP contribution is 2.26. The van der Waals surface area contributed by atoms with Crippen molar-refractivity contribution in [2.75, 3.05) is 5.73 Å². The van der Waals surface area contributed by atoms with Crippen LogP contribution >= 0.6 is 11.6 Å². The number of anilines is 1. The molecule has 0 aliphatic heterocycles. The van der Waals surface area contributed by atoms with Gasteiger partial charge in [0.15, 0.2) is 0 Å². The Bertz CT molecular complexity index is 669. The first-order valence-electron chi connectivity index (χ1n) is 4.42. The summed E-state index contributed by atoms with van der Waals surface area (Å²) in [5.74, 6) is -0.767. The van der Waals surface area contributed by atoms with Crippen LogP contribution in [0.4, 0.5) is 10.2 Å². The van der Waals surface area contributed by atoms with Crippen molar-refractivity contribution in [1.82, 2.24) is 10.2 Å². The molecule has 0 radical (unpaired) electrons. The number of benzene rings is 1. The monoisotopic (exact) mass is 275 g/mol. The number of nitrogens with two attached hydrogens (primary N) is 1. The SMILES string of the molecule is Nc1[nH]ncc1S(=O)(=O)c1ccc(F)c(Cl)c1. The van der Waals surface area contributed by atoms with E-state index in [2.05, 4.69) is 10.2 Å². The molecule has 17 heavy (non-hydrogen) atoms. The fraction of sp³-hybridized carbons (Fsp3) is 0. The van der Waals surface area contributed by atoms with E-state index in [1.54, 1.807) is 0 Å². The van der Waals surface area contributed by atoms with Gasteiger partial charge in [-0.2, -0.15) is 5.10 Å². The van der Waals surface area contributed by atoms with Gasteiger partial charge in [0.1, 0.15) is 16.5 Å². The number of nitrogens with one attached hydrogen (secondary N) is 1. The standard InChI is InChI=1S/C9H7ClFN3O2S/c10-6-3-5(1-2-7(6)11)17(15,16)8-4-13-14-9(8)12/h1-4H,(H3,12,13,14). The summed E-state index contributed by atoms with van der Waals surface area (Å²) < 4.78 is 37.1. The fourth-order valence-corrected chi connectivity index (χ4v) is 2.82. The molecule has 0 unspecified atom stereocenters. The number of hydrogen-bond donors (Lipinski definition) is 2. The second-order valence-electron chi connectivity index (χ2n) is 3.23. The minimum atomic E-state index is -3.84. The summed E-state index contributed by atoms with van der Waals surface area (Å²) in [5.41, 5.74) is 5.43. The number of nitrogens with zero attached hydrogens (tertiary/aromatic N) is 1. The third kappa shape index (κ3) is 1.98. The number of aromatic nitrogens is 2. The maximum Gasteiger partial charge on any atom is 0.211 e. The first kappa shape index (κ1) is 11.9. The van der Waals surface area contributed by atoms with Crippen molar-refractivity contribution in [2.45, 2.75) is 9.79 Å². The van der Waals surface area contributed by atoms with Crippen molar-refractivity contribution in [1.29, 1.82) is 0 Å². The molecule has 3 N–H and O–H groups in total. The van der Waals surface area contributed by atoms with Gasteiger partial charge in [-0.05, 0) is 18.2 Å². The number of sulfone groups is 1. The highest BCUT2D eigenvalue weighted by molar-refractivity contribution is 7.91. The highest BCUT2D eigenvalue weighted by Gasteiger charge is 2.22. The van der Waals surface area contributed by atoms with Gasteiger partial charge >= 0.3 is 0 Å². The third-order valence-corrected chi connectivity index (χ3v) is 4.19. The number of halogens is 2. The molecule has 2 rings (SSSR count). The quantitative estimate of drug-likeness (QED) is 0.815.